The fourth-order valence-electron chi connectivity index (χ4n) is 0.112. The van der Waals surface area contributed by atoms with Crippen LogP contribution in [0.2, 0.25) is 0 Å². The van der Waals surface area contributed by atoms with Gasteiger partial charge < -0.3 is 11.8 Å². The van der Waals surface area contributed by atoms with Crippen molar-refractivity contribution in [2.45, 2.75) is 19.8 Å². The Hall–Kier alpha value is -1.02. The van der Waals surface area contributed by atoms with Gasteiger partial charge in [0.25, 0.3) is 0 Å². The predicted octanol–water partition coefficient (Wildman–Crippen LogP) is 1.41. The van der Waals surface area contributed by atoms with Gasteiger partial charge in [-0.05, 0) is 6.42 Å². The molecule has 0 N–H and O–H groups in total. The molecule has 2 heteroatoms. The van der Waals surface area contributed by atoms with E-state index < -0.39 is 0 Å². The van der Waals surface area contributed by atoms with Crippen LogP contribution < -0.4 is 0 Å². The molecular formula is C5H7N2-. The molecule has 0 bridgehead atoms. The smallest absolute Gasteiger partial charge is 0.0621 e. The number of nitriles is 1. The second-order valence-electron chi connectivity index (χ2n) is 0.908. The zero-order chi connectivity index (χ0) is 6.12. The third-order valence-electron chi connectivity index (χ3n) is 0.362. The first-order valence-electron chi connectivity index (χ1n) is 2.01. The monoisotopic (exact) mass is 95.1 g/mol. The molecule has 7 heavy (non-hydrogen) atoms. The van der Waals surface area contributed by atoms with Gasteiger partial charge in [0, 0.05) is 6.42 Å². The maximum Gasteiger partial charge on any atom is 0.0621 e. The SMILES string of the molecule is CCCC#N.[C-]#N. The van der Waals surface area contributed by atoms with Crippen molar-refractivity contribution in [3.8, 4) is 6.07 Å². The van der Waals surface area contributed by atoms with Crippen molar-refractivity contribution >= 4 is 0 Å². The third kappa shape index (κ3) is 46.0. The molecular weight excluding hydrogens is 88.1 g/mol. The lowest BCUT2D eigenvalue weighted by Gasteiger charge is -1.65. The first-order valence-corrected chi connectivity index (χ1v) is 2.01. The molecule has 0 heterocycles. The van der Waals surface area contributed by atoms with Gasteiger partial charge >= 0.3 is 0 Å². The molecule has 0 unspecified atom stereocenters. The van der Waals surface area contributed by atoms with Crippen LogP contribution in [-0.4, -0.2) is 0 Å². The number of rotatable bonds is 1. The van der Waals surface area contributed by atoms with Gasteiger partial charge in [0.05, 0.1) is 6.07 Å². The van der Waals surface area contributed by atoms with Crippen molar-refractivity contribution in [3.63, 3.8) is 0 Å². The van der Waals surface area contributed by atoms with Crippen LogP contribution in [-0.2, 0) is 0 Å². The van der Waals surface area contributed by atoms with E-state index in [1.54, 1.807) is 0 Å². The molecule has 0 saturated heterocycles. The van der Waals surface area contributed by atoms with Crippen molar-refractivity contribution in [2.75, 3.05) is 0 Å². The van der Waals surface area contributed by atoms with Crippen LogP contribution >= 0.6 is 0 Å². The second kappa shape index (κ2) is 20.1. The molecule has 0 aromatic carbocycles. The van der Waals surface area contributed by atoms with Gasteiger partial charge in [0.2, 0.25) is 0 Å². The summed E-state index contributed by atoms with van der Waals surface area (Å²) in [4.78, 5) is 0. The first kappa shape index (κ1) is 9.36. The van der Waals surface area contributed by atoms with Crippen LogP contribution in [0, 0.1) is 23.2 Å². The van der Waals surface area contributed by atoms with E-state index in [9.17, 15) is 0 Å². The van der Waals surface area contributed by atoms with Crippen LogP contribution in [0.5, 0.6) is 0 Å². The van der Waals surface area contributed by atoms with E-state index >= 15 is 0 Å². The largest absolute Gasteiger partial charge is 0.512 e. The molecule has 0 aromatic rings. The maximum absolute atomic E-state index is 7.82. The number of hydrogen-bond donors (Lipinski definition) is 0. The Balaban J connectivity index is 0. The Labute approximate surface area is 44.0 Å². The Morgan fingerprint density at radius 2 is 2.00 bits per heavy atom. The Kier molecular flexibility index (Phi) is 26.9. The fourth-order valence-corrected chi connectivity index (χ4v) is 0.112. The molecule has 0 radical (unpaired) electrons. The summed E-state index contributed by atoms with van der Waals surface area (Å²) in [7, 11) is 0. The van der Waals surface area contributed by atoms with E-state index in [1.807, 2.05) is 13.0 Å². The molecule has 0 aliphatic carbocycles. The Morgan fingerprint density at radius 3 is 2.00 bits per heavy atom. The Bertz CT molecular complexity index is 67.9. The van der Waals surface area contributed by atoms with Crippen molar-refractivity contribution in [3.05, 3.63) is 6.57 Å². The average Bonchev–Trinajstić information content (AvgIpc) is 1.75. The molecule has 0 aliphatic rings. The van der Waals surface area contributed by atoms with Crippen molar-refractivity contribution in [1.29, 1.82) is 10.5 Å². The summed E-state index contributed by atoms with van der Waals surface area (Å²) in [5, 5.41) is 14.1. The fraction of sp³-hybridized carbons (Fsp3) is 0.600. The summed E-state index contributed by atoms with van der Waals surface area (Å²) in [6.45, 7) is 6.74. The topological polar surface area (TPSA) is 47.6 Å². The highest BCUT2D eigenvalue weighted by molar-refractivity contribution is 4.65. The normalized spacial score (nSPS) is 4.86. The minimum atomic E-state index is 0.694. The summed E-state index contributed by atoms with van der Waals surface area (Å²) in [6, 6.07) is 2.02. The van der Waals surface area contributed by atoms with E-state index in [0.717, 1.165) is 6.42 Å². The quantitative estimate of drug-likeness (QED) is 0.462. The van der Waals surface area contributed by atoms with Crippen LogP contribution in [0.1, 0.15) is 19.8 Å². The minimum Gasteiger partial charge on any atom is -0.512 e. The zero-order valence-corrected chi connectivity index (χ0v) is 4.31. The van der Waals surface area contributed by atoms with Crippen LogP contribution in [0.3, 0.4) is 0 Å². The van der Waals surface area contributed by atoms with E-state index in [2.05, 4.69) is 0 Å². The summed E-state index contributed by atoms with van der Waals surface area (Å²) in [5.41, 5.74) is 0. The second-order valence-corrected chi connectivity index (χ2v) is 0.908. The molecule has 2 nitrogen and oxygen atoms in total. The van der Waals surface area contributed by atoms with Gasteiger partial charge in [-0.2, -0.15) is 5.26 Å². The molecule has 38 valence electrons. The highest BCUT2D eigenvalue weighted by atomic mass is 14.2. The summed E-state index contributed by atoms with van der Waals surface area (Å²) in [5.74, 6) is 0. The minimum absolute atomic E-state index is 0.694. The van der Waals surface area contributed by atoms with Gasteiger partial charge in [0.1, 0.15) is 0 Å². The van der Waals surface area contributed by atoms with Crippen molar-refractivity contribution < 1.29 is 0 Å². The third-order valence-corrected chi connectivity index (χ3v) is 0.362. The van der Waals surface area contributed by atoms with Crippen molar-refractivity contribution in [2.24, 2.45) is 0 Å². The summed E-state index contributed by atoms with van der Waals surface area (Å²) >= 11 is 0. The maximum atomic E-state index is 7.82. The van der Waals surface area contributed by atoms with E-state index in [-0.39, 0.29) is 0 Å². The lowest BCUT2D eigenvalue weighted by atomic mass is 10.4. The Morgan fingerprint density at radius 1 is 1.57 bits per heavy atom. The molecule has 0 atom stereocenters. The molecule has 0 rings (SSSR count). The number of hydrogen-bond acceptors (Lipinski definition) is 2. The number of unbranched alkanes of at least 4 members (excludes halogenated alkanes) is 1. The van der Waals surface area contributed by atoms with E-state index in [0.29, 0.717) is 6.42 Å². The lowest BCUT2D eigenvalue weighted by Crippen LogP contribution is -1.53. The van der Waals surface area contributed by atoms with Gasteiger partial charge in [-0.25, -0.2) is 0 Å². The van der Waals surface area contributed by atoms with Crippen LogP contribution in [0.25, 0.3) is 0 Å². The molecule has 0 aliphatic heterocycles. The molecule has 0 amide bonds. The molecule has 0 spiro atoms. The highest BCUT2D eigenvalue weighted by Gasteiger charge is 1.65. The first-order chi connectivity index (χ1) is 3.41. The predicted molar refractivity (Wildman–Crippen MR) is 25.5 cm³/mol. The number of nitrogens with zero attached hydrogens (tertiary/aromatic N) is 2. The van der Waals surface area contributed by atoms with Crippen LogP contribution in [0.15, 0.2) is 0 Å². The molecule has 0 saturated carbocycles. The zero-order valence-electron chi connectivity index (χ0n) is 4.31. The summed E-state index contributed by atoms with van der Waals surface area (Å²) in [6.07, 6.45) is 1.68. The van der Waals surface area contributed by atoms with Crippen LogP contribution in [0.4, 0.5) is 0 Å². The van der Waals surface area contributed by atoms with Crippen molar-refractivity contribution in [1.82, 2.24) is 0 Å². The van der Waals surface area contributed by atoms with E-state index in [4.69, 9.17) is 17.1 Å². The lowest BCUT2D eigenvalue weighted by molar-refractivity contribution is 0.969. The molecule has 0 aromatic heterocycles. The molecule has 0 fully saturated rings. The van der Waals surface area contributed by atoms with Gasteiger partial charge in [-0.1, -0.05) is 6.92 Å². The average molecular weight is 95.1 g/mol. The van der Waals surface area contributed by atoms with Gasteiger partial charge in [-0.15, -0.1) is 0 Å². The van der Waals surface area contributed by atoms with Gasteiger partial charge in [0.15, 0.2) is 0 Å². The van der Waals surface area contributed by atoms with E-state index in [1.165, 1.54) is 0 Å². The van der Waals surface area contributed by atoms with Gasteiger partial charge in [-0.3, -0.25) is 0 Å². The summed E-state index contributed by atoms with van der Waals surface area (Å²) < 4.78 is 0. The highest BCUT2D eigenvalue weighted by Crippen LogP contribution is 1.77. The standard InChI is InChI=1S/C4H7N.CN/c1-2-3-4-5;1-2/h2-3H2,1H3;/q;-1.